The molecule has 0 unspecified atom stereocenters. The Balaban J connectivity index is 2.25. The summed E-state index contributed by atoms with van der Waals surface area (Å²) in [5.41, 5.74) is 0.256. The number of rotatable bonds is 4. The number of Topliss-reactive ketones (excluding diaryl/α,β-unsaturated/α-hetero) is 1. The van der Waals surface area contributed by atoms with Gasteiger partial charge in [0.05, 0.1) is 5.57 Å². The fourth-order valence-electron chi connectivity index (χ4n) is 1.85. The van der Waals surface area contributed by atoms with Crippen molar-refractivity contribution in [2.75, 3.05) is 5.32 Å². The molecule has 0 saturated carbocycles. The molecule has 2 N–H and O–H groups in total. The Kier molecular flexibility index (Phi) is 4.97. The Morgan fingerprint density at radius 1 is 1.26 bits per heavy atom. The van der Waals surface area contributed by atoms with E-state index in [0.29, 0.717) is 5.69 Å². The Morgan fingerprint density at radius 2 is 1.91 bits per heavy atom. The number of amides is 3. The molecular formula is C15H13N3O4S. The fourth-order valence-corrected chi connectivity index (χ4v) is 2.12. The van der Waals surface area contributed by atoms with Crippen LogP contribution in [0.2, 0.25) is 0 Å². The first-order valence-electron chi connectivity index (χ1n) is 6.63. The van der Waals surface area contributed by atoms with E-state index in [4.69, 9.17) is 12.2 Å². The maximum absolute atomic E-state index is 12.2. The van der Waals surface area contributed by atoms with Crippen molar-refractivity contribution in [2.24, 2.45) is 0 Å². The number of nitrogens with one attached hydrogen (secondary N) is 2. The average Bonchev–Trinajstić information content (AvgIpc) is 2.46. The number of carbonyl (C=O) groups is 4. The predicted molar refractivity (Wildman–Crippen MR) is 86.0 cm³/mol. The van der Waals surface area contributed by atoms with Gasteiger partial charge in [0.15, 0.2) is 10.9 Å². The minimum absolute atomic E-state index is 0.169. The van der Waals surface area contributed by atoms with E-state index >= 15 is 0 Å². The first kappa shape index (κ1) is 16.5. The minimum Gasteiger partial charge on any atom is -0.322 e. The van der Waals surface area contributed by atoms with Crippen LogP contribution in [0.5, 0.6) is 0 Å². The molecule has 7 nitrogen and oxygen atoms in total. The third kappa shape index (κ3) is 4.07. The molecule has 23 heavy (non-hydrogen) atoms. The standard InChI is InChI=1S/C15H13N3O4S/c1-9(19)11(14(22)16-10-5-3-2-4-6-10)8-18-13(21)7-12(20)17-15(18)23/h2-6,8H,7H2,1H3,(H,16,22)(H,17,20,23). The van der Waals surface area contributed by atoms with Crippen LogP contribution in [0, 0.1) is 0 Å². The largest absolute Gasteiger partial charge is 0.322 e. The highest BCUT2D eigenvalue weighted by atomic mass is 32.1. The van der Waals surface area contributed by atoms with Gasteiger partial charge < -0.3 is 10.6 Å². The lowest BCUT2D eigenvalue weighted by atomic mass is 10.1. The zero-order chi connectivity index (χ0) is 17.0. The Labute approximate surface area is 137 Å². The quantitative estimate of drug-likeness (QED) is 0.367. The lowest BCUT2D eigenvalue weighted by Crippen LogP contribution is -2.50. The van der Waals surface area contributed by atoms with Gasteiger partial charge in [0.1, 0.15) is 6.42 Å². The van der Waals surface area contributed by atoms with Crippen molar-refractivity contribution in [1.82, 2.24) is 10.2 Å². The smallest absolute Gasteiger partial charge is 0.260 e. The first-order chi connectivity index (χ1) is 10.9. The maximum Gasteiger partial charge on any atom is 0.260 e. The third-order valence-corrected chi connectivity index (χ3v) is 3.26. The van der Waals surface area contributed by atoms with E-state index in [1.165, 1.54) is 6.92 Å². The Bertz CT molecular complexity index is 707. The highest BCUT2D eigenvalue weighted by Gasteiger charge is 2.28. The van der Waals surface area contributed by atoms with Gasteiger partial charge in [-0.25, -0.2) is 0 Å². The second-order valence-corrected chi connectivity index (χ2v) is 5.10. The zero-order valence-corrected chi connectivity index (χ0v) is 13.0. The summed E-state index contributed by atoms with van der Waals surface area (Å²) < 4.78 is 0. The van der Waals surface area contributed by atoms with Crippen LogP contribution in [0.25, 0.3) is 0 Å². The van der Waals surface area contributed by atoms with E-state index < -0.39 is 29.9 Å². The molecule has 8 heteroatoms. The number of hydrogen-bond donors (Lipinski definition) is 2. The van der Waals surface area contributed by atoms with Crippen LogP contribution in [0.1, 0.15) is 13.3 Å². The molecule has 0 atom stereocenters. The molecule has 1 saturated heterocycles. The molecule has 1 heterocycles. The minimum atomic E-state index is -0.670. The molecule has 0 aliphatic carbocycles. The van der Waals surface area contributed by atoms with Crippen LogP contribution in [0.3, 0.4) is 0 Å². The van der Waals surface area contributed by atoms with Crippen molar-refractivity contribution in [1.29, 1.82) is 0 Å². The summed E-state index contributed by atoms with van der Waals surface area (Å²) in [6.45, 7) is 1.20. The monoisotopic (exact) mass is 331 g/mol. The van der Waals surface area contributed by atoms with Gasteiger partial charge in [-0.2, -0.15) is 0 Å². The van der Waals surface area contributed by atoms with E-state index in [0.717, 1.165) is 11.1 Å². The summed E-state index contributed by atoms with van der Waals surface area (Å²) in [6.07, 6.45) is 0.646. The van der Waals surface area contributed by atoms with Crippen molar-refractivity contribution in [3.8, 4) is 0 Å². The van der Waals surface area contributed by atoms with Crippen LogP contribution in [0.4, 0.5) is 5.69 Å². The van der Waals surface area contributed by atoms with E-state index in [1.807, 2.05) is 0 Å². The number of carbonyl (C=O) groups excluding carboxylic acids is 4. The predicted octanol–water partition coefficient (Wildman–Crippen LogP) is 0.731. The van der Waals surface area contributed by atoms with E-state index in [1.54, 1.807) is 30.3 Å². The maximum atomic E-state index is 12.2. The fraction of sp³-hybridized carbons (Fsp3) is 0.133. The van der Waals surface area contributed by atoms with Gasteiger partial charge in [-0.3, -0.25) is 24.1 Å². The molecule has 0 spiro atoms. The van der Waals surface area contributed by atoms with Crippen molar-refractivity contribution >= 4 is 46.5 Å². The van der Waals surface area contributed by atoms with Gasteiger partial charge >= 0.3 is 0 Å². The first-order valence-corrected chi connectivity index (χ1v) is 7.04. The van der Waals surface area contributed by atoms with Crippen molar-refractivity contribution in [3.63, 3.8) is 0 Å². The molecule has 1 fully saturated rings. The van der Waals surface area contributed by atoms with Crippen molar-refractivity contribution in [2.45, 2.75) is 13.3 Å². The van der Waals surface area contributed by atoms with Gasteiger partial charge in [0.2, 0.25) is 11.8 Å². The number of benzene rings is 1. The molecule has 0 radical (unpaired) electrons. The topological polar surface area (TPSA) is 95.6 Å². The van der Waals surface area contributed by atoms with Gasteiger partial charge in [-0.05, 0) is 31.3 Å². The number of ketones is 1. The average molecular weight is 331 g/mol. The molecular weight excluding hydrogens is 318 g/mol. The summed E-state index contributed by atoms with van der Waals surface area (Å²) in [5.74, 6) is -2.34. The summed E-state index contributed by atoms with van der Waals surface area (Å²) in [7, 11) is 0. The van der Waals surface area contributed by atoms with Gasteiger partial charge in [0, 0.05) is 11.9 Å². The van der Waals surface area contributed by atoms with Crippen LogP contribution in [-0.2, 0) is 19.2 Å². The molecule has 118 valence electrons. The highest BCUT2D eigenvalue weighted by Crippen LogP contribution is 2.11. The van der Waals surface area contributed by atoms with Crippen LogP contribution in [0.15, 0.2) is 42.1 Å². The van der Waals surface area contributed by atoms with Crippen LogP contribution >= 0.6 is 12.2 Å². The number of thiocarbonyl (C=S) groups is 1. The second-order valence-electron chi connectivity index (χ2n) is 4.71. The van der Waals surface area contributed by atoms with E-state index in [9.17, 15) is 19.2 Å². The summed E-state index contributed by atoms with van der Waals surface area (Å²) in [4.78, 5) is 47.9. The molecule has 0 aromatic heterocycles. The Morgan fingerprint density at radius 3 is 2.48 bits per heavy atom. The second kappa shape index (κ2) is 6.93. The normalized spacial score (nSPS) is 15.3. The number of nitrogens with zero attached hydrogens (tertiary/aromatic N) is 1. The molecule has 1 aromatic carbocycles. The number of hydrogen-bond acceptors (Lipinski definition) is 5. The van der Waals surface area contributed by atoms with Crippen molar-refractivity contribution in [3.05, 3.63) is 42.1 Å². The summed E-state index contributed by atoms with van der Waals surface area (Å²) in [5, 5.41) is 4.69. The lowest BCUT2D eigenvalue weighted by molar-refractivity contribution is -0.133. The van der Waals surface area contributed by atoms with Gasteiger partial charge in [0.25, 0.3) is 5.91 Å². The molecule has 2 rings (SSSR count). The molecule has 1 aromatic rings. The van der Waals surface area contributed by atoms with Crippen molar-refractivity contribution < 1.29 is 19.2 Å². The highest BCUT2D eigenvalue weighted by molar-refractivity contribution is 7.80. The van der Waals surface area contributed by atoms with Gasteiger partial charge in [-0.1, -0.05) is 18.2 Å². The lowest BCUT2D eigenvalue weighted by Gasteiger charge is -2.24. The summed E-state index contributed by atoms with van der Waals surface area (Å²) in [6, 6.07) is 8.56. The van der Waals surface area contributed by atoms with Crippen LogP contribution in [-0.4, -0.2) is 33.5 Å². The zero-order valence-electron chi connectivity index (χ0n) is 12.2. The molecule has 3 amide bonds. The van der Waals surface area contributed by atoms with Gasteiger partial charge in [-0.15, -0.1) is 0 Å². The van der Waals surface area contributed by atoms with Crippen LogP contribution < -0.4 is 10.6 Å². The molecule has 0 bridgehead atoms. The molecule has 1 aliphatic heterocycles. The third-order valence-electron chi connectivity index (χ3n) is 2.96. The summed E-state index contributed by atoms with van der Waals surface area (Å²) >= 11 is 4.89. The number of para-hydroxylation sites is 1. The Hall–Kier alpha value is -2.87. The van der Waals surface area contributed by atoms with E-state index in [-0.39, 0.29) is 10.7 Å². The SMILES string of the molecule is CC(=O)C(=CN1C(=O)CC(=O)NC1=S)C(=O)Nc1ccccc1. The number of anilines is 1. The van der Waals surface area contributed by atoms with E-state index in [2.05, 4.69) is 10.6 Å². The molecule has 1 aliphatic rings.